The number of carbonyl (C=O) groups is 1. The Kier molecular flexibility index (Phi) is 6.51. The fourth-order valence-electron chi connectivity index (χ4n) is 3.24. The Morgan fingerprint density at radius 1 is 1.09 bits per heavy atom. The first-order valence-corrected chi connectivity index (χ1v) is 11.1. The van der Waals surface area contributed by atoms with Gasteiger partial charge in [-0.25, -0.2) is 14.4 Å². The van der Waals surface area contributed by atoms with Gasteiger partial charge in [-0.3, -0.25) is 4.79 Å². The van der Waals surface area contributed by atoms with E-state index in [0.29, 0.717) is 11.5 Å². The zero-order valence-electron chi connectivity index (χ0n) is 17.6. The highest BCUT2D eigenvalue weighted by Crippen LogP contribution is 2.33. The van der Waals surface area contributed by atoms with Crippen molar-refractivity contribution in [3.05, 3.63) is 78.2 Å². The van der Waals surface area contributed by atoms with Crippen LogP contribution in [0, 0.1) is 5.82 Å². The summed E-state index contributed by atoms with van der Waals surface area (Å²) in [5, 5.41) is 3.58. The van der Waals surface area contributed by atoms with E-state index in [1.54, 1.807) is 31.5 Å². The summed E-state index contributed by atoms with van der Waals surface area (Å²) in [5.74, 6) is 0.694. The predicted octanol–water partition coefficient (Wildman–Crippen LogP) is 5.19. The maximum Gasteiger partial charge on any atom is 0.229 e. The number of anilines is 1. The number of carbonyl (C=O) groups excluding carboxylic acids is 1. The van der Waals surface area contributed by atoms with Crippen LogP contribution in [-0.4, -0.2) is 34.2 Å². The average Bonchev–Trinajstić information content (AvgIpc) is 3.25. The molecule has 2 aromatic carbocycles. The van der Waals surface area contributed by atoms with Gasteiger partial charge in [0, 0.05) is 17.3 Å². The molecule has 2 heterocycles. The SMILES string of the molecule is COc1ccc(CC(=O)Nc2cc(-c3nc(SC)[nH]c3-c3ccc(F)cc3)ccn2)cc1. The van der Waals surface area contributed by atoms with E-state index >= 15 is 0 Å². The number of H-pyrrole nitrogens is 1. The summed E-state index contributed by atoms with van der Waals surface area (Å²) in [4.78, 5) is 24.7. The van der Waals surface area contributed by atoms with Crippen molar-refractivity contribution in [1.82, 2.24) is 15.0 Å². The van der Waals surface area contributed by atoms with Crippen molar-refractivity contribution in [3.8, 4) is 28.3 Å². The molecular weight excluding hydrogens is 427 g/mol. The number of benzene rings is 2. The molecule has 0 saturated carbocycles. The Labute approximate surface area is 189 Å². The highest BCUT2D eigenvalue weighted by Gasteiger charge is 2.15. The van der Waals surface area contributed by atoms with Gasteiger partial charge < -0.3 is 15.0 Å². The third-order valence-corrected chi connectivity index (χ3v) is 5.41. The minimum atomic E-state index is -0.300. The van der Waals surface area contributed by atoms with Gasteiger partial charge in [0.15, 0.2) is 5.16 Å². The van der Waals surface area contributed by atoms with Crippen LogP contribution in [0.2, 0.25) is 0 Å². The number of amides is 1. The van der Waals surface area contributed by atoms with Gasteiger partial charge >= 0.3 is 0 Å². The molecule has 8 heteroatoms. The summed E-state index contributed by atoms with van der Waals surface area (Å²) < 4.78 is 18.5. The number of hydrogen-bond acceptors (Lipinski definition) is 5. The molecule has 0 unspecified atom stereocenters. The van der Waals surface area contributed by atoms with Crippen LogP contribution in [0.5, 0.6) is 5.75 Å². The number of methoxy groups -OCH3 is 1. The second kappa shape index (κ2) is 9.65. The van der Waals surface area contributed by atoms with E-state index in [4.69, 9.17) is 4.74 Å². The van der Waals surface area contributed by atoms with Gasteiger partial charge in [0.05, 0.1) is 24.9 Å². The van der Waals surface area contributed by atoms with Gasteiger partial charge in [0.2, 0.25) is 5.91 Å². The Balaban J connectivity index is 1.57. The lowest BCUT2D eigenvalue weighted by molar-refractivity contribution is -0.115. The standard InChI is InChI=1S/C24H21FN4O2S/c1-31-19-9-3-15(4-10-19)13-21(30)27-20-14-17(11-12-26-20)23-22(28-24(29-23)32-2)16-5-7-18(25)8-6-16/h3-12,14H,13H2,1-2H3,(H,28,29)(H,26,27,30). The van der Waals surface area contributed by atoms with E-state index in [0.717, 1.165) is 33.3 Å². The molecule has 4 rings (SSSR count). The first kappa shape index (κ1) is 21.6. The molecule has 2 aromatic heterocycles. The van der Waals surface area contributed by atoms with Crippen LogP contribution in [0.1, 0.15) is 5.56 Å². The number of imidazole rings is 1. The van der Waals surface area contributed by atoms with E-state index in [9.17, 15) is 9.18 Å². The molecule has 0 radical (unpaired) electrons. The van der Waals surface area contributed by atoms with Gasteiger partial charge in [-0.05, 0) is 60.4 Å². The normalized spacial score (nSPS) is 10.7. The minimum Gasteiger partial charge on any atom is -0.497 e. The van der Waals surface area contributed by atoms with Crippen LogP contribution in [0.3, 0.4) is 0 Å². The maximum absolute atomic E-state index is 13.4. The number of nitrogens with one attached hydrogen (secondary N) is 2. The minimum absolute atomic E-state index is 0.176. The van der Waals surface area contributed by atoms with E-state index in [-0.39, 0.29) is 18.1 Å². The monoisotopic (exact) mass is 448 g/mol. The van der Waals surface area contributed by atoms with E-state index in [1.165, 1.54) is 23.9 Å². The number of thioether (sulfide) groups is 1. The number of ether oxygens (including phenoxy) is 1. The van der Waals surface area contributed by atoms with Gasteiger partial charge in [0.25, 0.3) is 0 Å². The van der Waals surface area contributed by atoms with Crippen molar-refractivity contribution in [2.45, 2.75) is 11.6 Å². The van der Waals surface area contributed by atoms with Crippen LogP contribution in [0.4, 0.5) is 10.2 Å². The zero-order chi connectivity index (χ0) is 22.5. The smallest absolute Gasteiger partial charge is 0.229 e. The number of aromatic nitrogens is 3. The van der Waals surface area contributed by atoms with Crippen LogP contribution < -0.4 is 10.1 Å². The van der Waals surface area contributed by atoms with E-state index in [1.807, 2.05) is 36.6 Å². The highest BCUT2D eigenvalue weighted by atomic mass is 32.2. The molecule has 6 nitrogen and oxygen atoms in total. The molecule has 1 amide bonds. The molecule has 0 saturated heterocycles. The van der Waals surface area contributed by atoms with Crippen molar-refractivity contribution in [2.75, 3.05) is 18.7 Å². The molecule has 0 spiro atoms. The zero-order valence-corrected chi connectivity index (χ0v) is 18.4. The Morgan fingerprint density at radius 3 is 2.53 bits per heavy atom. The molecular formula is C24H21FN4O2S. The van der Waals surface area contributed by atoms with Crippen molar-refractivity contribution in [3.63, 3.8) is 0 Å². The molecule has 0 bridgehead atoms. The van der Waals surface area contributed by atoms with Crippen molar-refractivity contribution >= 4 is 23.5 Å². The number of pyridine rings is 1. The number of halogens is 1. The lowest BCUT2D eigenvalue weighted by atomic mass is 10.1. The van der Waals surface area contributed by atoms with Crippen molar-refractivity contribution in [1.29, 1.82) is 0 Å². The molecule has 2 N–H and O–H groups in total. The first-order chi connectivity index (χ1) is 15.6. The molecule has 4 aromatic rings. The topological polar surface area (TPSA) is 79.9 Å². The average molecular weight is 449 g/mol. The predicted molar refractivity (Wildman–Crippen MR) is 124 cm³/mol. The van der Waals surface area contributed by atoms with Crippen LogP contribution in [0.15, 0.2) is 72.0 Å². The van der Waals surface area contributed by atoms with E-state index < -0.39 is 0 Å². The highest BCUT2D eigenvalue weighted by molar-refractivity contribution is 7.98. The third kappa shape index (κ3) is 4.97. The Morgan fingerprint density at radius 2 is 1.84 bits per heavy atom. The van der Waals surface area contributed by atoms with Crippen molar-refractivity contribution < 1.29 is 13.9 Å². The lowest BCUT2D eigenvalue weighted by Crippen LogP contribution is -2.15. The van der Waals surface area contributed by atoms with Crippen molar-refractivity contribution in [2.24, 2.45) is 0 Å². The molecule has 0 aliphatic heterocycles. The first-order valence-electron chi connectivity index (χ1n) is 9.85. The molecule has 162 valence electrons. The third-order valence-electron chi connectivity index (χ3n) is 4.83. The van der Waals surface area contributed by atoms with Crippen LogP contribution in [0.25, 0.3) is 22.5 Å². The molecule has 0 aliphatic carbocycles. The maximum atomic E-state index is 13.4. The summed E-state index contributed by atoms with van der Waals surface area (Å²) in [5.41, 5.74) is 3.95. The summed E-state index contributed by atoms with van der Waals surface area (Å²) in [6.45, 7) is 0. The van der Waals surface area contributed by atoms with E-state index in [2.05, 4.69) is 20.3 Å². The molecule has 0 aliphatic rings. The Bertz CT molecular complexity index is 1220. The summed E-state index contributed by atoms with van der Waals surface area (Å²) >= 11 is 1.48. The van der Waals surface area contributed by atoms with Gasteiger partial charge in [0.1, 0.15) is 17.4 Å². The van der Waals surface area contributed by atoms with Gasteiger partial charge in [-0.15, -0.1) is 0 Å². The second-order valence-electron chi connectivity index (χ2n) is 6.98. The van der Waals surface area contributed by atoms with Gasteiger partial charge in [-0.1, -0.05) is 23.9 Å². The number of rotatable bonds is 7. The molecule has 0 fully saturated rings. The summed E-state index contributed by atoms with van der Waals surface area (Å²) in [7, 11) is 1.60. The molecule has 0 atom stereocenters. The van der Waals surface area contributed by atoms with Gasteiger partial charge in [-0.2, -0.15) is 0 Å². The number of hydrogen-bond donors (Lipinski definition) is 2. The molecule has 32 heavy (non-hydrogen) atoms. The fraction of sp³-hybridized carbons (Fsp3) is 0.125. The quantitative estimate of drug-likeness (QED) is 0.381. The fourth-order valence-corrected chi connectivity index (χ4v) is 3.63. The Hall–Kier alpha value is -3.65. The lowest BCUT2D eigenvalue weighted by Gasteiger charge is -2.08. The largest absolute Gasteiger partial charge is 0.497 e. The van der Waals surface area contributed by atoms with Crippen LogP contribution >= 0.6 is 11.8 Å². The summed E-state index contributed by atoms with van der Waals surface area (Å²) in [6, 6.07) is 17.2. The number of aromatic amines is 1. The van der Waals surface area contributed by atoms with Crippen LogP contribution in [-0.2, 0) is 11.2 Å². The number of nitrogens with zero attached hydrogens (tertiary/aromatic N) is 2. The summed E-state index contributed by atoms with van der Waals surface area (Å²) in [6.07, 6.45) is 3.77. The second-order valence-corrected chi connectivity index (χ2v) is 7.77.